The highest BCUT2D eigenvalue weighted by Gasteiger charge is 2.16. The van der Waals surface area contributed by atoms with Gasteiger partial charge in [0.1, 0.15) is 0 Å². The molecule has 1 aromatic carbocycles. The molecule has 0 aromatic heterocycles. The second-order valence-electron chi connectivity index (χ2n) is 6.03. The molecule has 1 aliphatic heterocycles. The summed E-state index contributed by atoms with van der Waals surface area (Å²) in [5.41, 5.74) is 0.748. The SMILES string of the molecule is O=C(CC(O)c1ccccc1)NCCCN1CCCCCC1=O. The smallest absolute Gasteiger partial charge is 0.222 e. The number of benzene rings is 1. The van der Waals surface area contributed by atoms with E-state index in [-0.39, 0.29) is 18.2 Å². The van der Waals surface area contributed by atoms with Gasteiger partial charge in [-0.1, -0.05) is 36.8 Å². The van der Waals surface area contributed by atoms with E-state index in [0.717, 1.165) is 37.8 Å². The van der Waals surface area contributed by atoms with Gasteiger partial charge in [-0.15, -0.1) is 0 Å². The van der Waals surface area contributed by atoms with Gasteiger partial charge in [0, 0.05) is 26.1 Å². The van der Waals surface area contributed by atoms with Crippen molar-refractivity contribution in [2.75, 3.05) is 19.6 Å². The monoisotopic (exact) mass is 318 g/mol. The summed E-state index contributed by atoms with van der Waals surface area (Å²) in [6.07, 6.45) is 3.87. The van der Waals surface area contributed by atoms with Crippen molar-refractivity contribution in [1.82, 2.24) is 10.2 Å². The summed E-state index contributed by atoms with van der Waals surface area (Å²) < 4.78 is 0. The third-order valence-electron chi connectivity index (χ3n) is 4.16. The van der Waals surface area contributed by atoms with E-state index in [1.807, 2.05) is 35.2 Å². The van der Waals surface area contributed by atoms with Crippen LogP contribution in [0.3, 0.4) is 0 Å². The Bertz CT molecular complexity index is 504. The first-order valence-electron chi connectivity index (χ1n) is 8.44. The Hall–Kier alpha value is -1.88. The van der Waals surface area contributed by atoms with Crippen LogP contribution in [-0.4, -0.2) is 41.5 Å². The first-order chi connectivity index (χ1) is 11.2. The van der Waals surface area contributed by atoms with E-state index in [9.17, 15) is 14.7 Å². The van der Waals surface area contributed by atoms with Gasteiger partial charge in [-0.05, 0) is 24.8 Å². The summed E-state index contributed by atoms with van der Waals surface area (Å²) in [5, 5.41) is 12.8. The predicted molar refractivity (Wildman–Crippen MR) is 88.7 cm³/mol. The van der Waals surface area contributed by atoms with Gasteiger partial charge >= 0.3 is 0 Å². The minimum atomic E-state index is -0.775. The fourth-order valence-corrected chi connectivity index (χ4v) is 2.81. The molecule has 0 radical (unpaired) electrons. The van der Waals surface area contributed by atoms with E-state index in [0.29, 0.717) is 19.5 Å². The van der Waals surface area contributed by atoms with E-state index in [1.165, 1.54) is 0 Å². The topological polar surface area (TPSA) is 69.6 Å². The number of hydrogen-bond acceptors (Lipinski definition) is 3. The fraction of sp³-hybridized carbons (Fsp3) is 0.556. The maximum absolute atomic E-state index is 11.9. The Kier molecular flexibility index (Phi) is 7.07. The lowest BCUT2D eigenvalue weighted by Gasteiger charge is -2.20. The molecule has 0 saturated carbocycles. The number of aliphatic hydroxyl groups is 1. The van der Waals surface area contributed by atoms with E-state index in [1.54, 1.807) is 0 Å². The Morgan fingerprint density at radius 2 is 2.00 bits per heavy atom. The van der Waals surface area contributed by atoms with Gasteiger partial charge < -0.3 is 15.3 Å². The highest BCUT2D eigenvalue weighted by atomic mass is 16.3. The Balaban J connectivity index is 1.64. The minimum absolute atomic E-state index is 0.0622. The number of hydrogen-bond donors (Lipinski definition) is 2. The molecule has 0 aliphatic carbocycles. The van der Waals surface area contributed by atoms with E-state index in [4.69, 9.17) is 0 Å². The highest BCUT2D eigenvalue weighted by Crippen LogP contribution is 2.15. The summed E-state index contributed by atoms with van der Waals surface area (Å²) >= 11 is 0. The standard InChI is InChI=1S/C18H26N2O3/c21-16(15-8-3-1-4-9-15)14-17(22)19-11-7-13-20-12-6-2-5-10-18(20)23/h1,3-4,8-9,16,21H,2,5-7,10-14H2,(H,19,22). The van der Waals surface area contributed by atoms with Crippen LogP contribution < -0.4 is 5.32 Å². The molecule has 126 valence electrons. The zero-order valence-corrected chi connectivity index (χ0v) is 13.5. The van der Waals surface area contributed by atoms with Crippen LogP contribution in [0, 0.1) is 0 Å². The summed E-state index contributed by atoms with van der Waals surface area (Å²) in [5.74, 6) is 0.0665. The Morgan fingerprint density at radius 1 is 1.22 bits per heavy atom. The number of carbonyl (C=O) groups is 2. The van der Waals surface area contributed by atoms with Gasteiger partial charge in [-0.3, -0.25) is 9.59 Å². The average Bonchev–Trinajstić information content (AvgIpc) is 2.77. The van der Waals surface area contributed by atoms with Gasteiger partial charge in [0.15, 0.2) is 0 Å². The third-order valence-corrected chi connectivity index (χ3v) is 4.16. The van der Waals surface area contributed by atoms with Crippen LogP contribution >= 0.6 is 0 Å². The number of rotatable bonds is 7. The van der Waals surface area contributed by atoms with Crippen molar-refractivity contribution in [2.45, 2.75) is 44.6 Å². The van der Waals surface area contributed by atoms with Crippen LogP contribution in [0.1, 0.15) is 50.2 Å². The molecule has 23 heavy (non-hydrogen) atoms. The summed E-state index contributed by atoms with van der Waals surface area (Å²) in [6.45, 7) is 2.06. The van der Waals surface area contributed by atoms with Gasteiger partial charge in [-0.25, -0.2) is 0 Å². The fourth-order valence-electron chi connectivity index (χ4n) is 2.81. The molecule has 1 fully saturated rings. The second-order valence-corrected chi connectivity index (χ2v) is 6.03. The predicted octanol–water partition coefficient (Wildman–Crippen LogP) is 2.02. The number of nitrogens with zero attached hydrogens (tertiary/aromatic N) is 1. The average molecular weight is 318 g/mol. The van der Waals surface area contributed by atoms with Crippen LogP contribution in [0.25, 0.3) is 0 Å². The molecule has 1 unspecified atom stereocenters. The van der Waals surface area contributed by atoms with Crippen molar-refractivity contribution < 1.29 is 14.7 Å². The molecular formula is C18H26N2O3. The van der Waals surface area contributed by atoms with Crippen molar-refractivity contribution >= 4 is 11.8 Å². The molecule has 1 heterocycles. The van der Waals surface area contributed by atoms with Gasteiger partial charge in [0.25, 0.3) is 0 Å². The van der Waals surface area contributed by atoms with Crippen LogP contribution in [0.4, 0.5) is 0 Å². The number of amides is 2. The van der Waals surface area contributed by atoms with Crippen molar-refractivity contribution in [2.24, 2.45) is 0 Å². The van der Waals surface area contributed by atoms with Crippen molar-refractivity contribution in [3.05, 3.63) is 35.9 Å². The van der Waals surface area contributed by atoms with E-state index < -0.39 is 6.10 Å². The lowest BCUT2D eigenvalue weighted by atomic mass is 10.1. The Labute approximate surface area is 137 Å². The summed E-state index contributed by atoms with van der Waals surface area (Å²) in [4.78, 5) is 25.6. The molecule has 1 saturated heterocycles. The molecular weight excluding hydrogens is 292 g/mol. The molecule has 1 aliphatic rings. The van der Waals surface area contributed by atoms with E-state index >= 15 is 0 Å². The largest absolute Gasteiger partial charge is 0.388 e. The van der Waals surface area contributed by atoms with Crippen LogP contribution in [-0.2, 0) is 9.59 Å². The molecule has 0 bridgehead atoms. The van der Waals surface area contributed by atoms with Gasteiger partial charge in [0.2, 0.25) is 11.8 Å². The zero-order chi connectivity index (χ0) is 16.5. The summed E-state index contributed by atoms with van der Waals surface area (Å²) in [7, 11) is 0. The molecule has 0 spiro atoms. The molecule has 5 nitrogen and oxygen atoms in total. The molecule has 1 aromatic rings. The van der Waals surface area contributed by atoms with Crippen LogP contribution in [0.15, 0.2) is 30.3 Å². The molecule has 2 amide bonds. The number of carbonyl (C=O) groups excluding carboxylic acids is 2. The lowest BCUT2D eigenvalue weighted by molar-refractivity contribution is -0.130. The maximum atomic E-state index is 11.9. The minimum Gasteiger partial charge on any atom is -0.388 e. The van der Waals surface area contributed by atoms with Crippen LogP contribution in [0.5, 0.6) is 0 Å². The van der Waals surface area contributed by atoms with Crippen LogP contribution in [0.2, 0.25) is 0 Å². The van der Waals surface area contributed by atoms with Crippen molar-refractivity contribution in [1.29, 1.82) is 0 Å². The van der Waals surface area contributed by atoms with E-state index in [2.05, 4.69) is 5.32 Å². The lowest BCUT2D eigenvalue weighted by Crippen LogP contribution is -2.34. The maximum Gasteiger partial charge on any atom is 0.222 e. The second kappa shape index (κ2) is 9.30. The van der Waals surface area contributed by atoms with Crippen molar-refractivity contribution in [3.8, 4) is 0 Å². The zero-order valence-electron chi connectivity index (χ0n) is 13.5. The van der Waals surface area contributed by atoms with Gasteiger partial charge in [-0.2, -0.15) is 0 Å². The number of likely N-dealkylation sites (tertiary alicyclic amines) is 1. The highest BCUT2D eigenvalue weighted by molar-refractivity contribution is 5.77. The number of aliphatic hydroxyl groups excluding tert-OH is 1. The van der Waals surface area contributed by atoms with Gasteiger partial charge in [0.05, 0.1) is 12.5 Å². The first-order valence-corrected chi connectivity index (χ1v) is 8.44. The first kappa shape index (κ1) is 17.5. The quantitative estimate of drug-likeness (QED) is 0.756. The van der Waals surface area contributed by atoms with Crippen molar-refractivity contribution in [3.63, 3.8) is 0 Å². The third kappa shape index (κ3) is 6.02. The molecule has 2 N–H and O–H groups in total. The number of nitrogens with one attached hydrogen (secondary N) is 1. The normalized spacial score (nSPS) is 16.7. The molecule has 1 atom stereocenters. The molecule has 2 rings (SSSR count). The Morgan fingerprint density at radius 3 is 2.78 bits per heavy atom. The molecule has 5 heteroatoms. The summed E-state index contributed by atoms with van der Waals surface area (Å²) in [6, 6.07) is 9.18.